The number of carbonyl (C=O) groups is 2. The molecule has 15 heteroatoms. The van der Waals surface area contributed by atoms with Crippen molar-refractivity contribution < 1.29 is 53.7 Å². The SMILES string of the molecule is COc1c(C)cc2c(c1O)[C@@H]1[C@@H]3[C@@H]4SC[C@]5(NCCc6cc(O)c(CO)cc65)C(=O)OC[C@H](c5c6c(c(C)c(OC(C)=O)c54)OCO6)N3[C@@H](O)[C@H](C2)N1C. The van der Waals surface area contributed by atoms with Crippen LogP contribution in [0.5, 0.6) is 34.5 Å². The standard InChI is InChI=1S/C39H43N3O11S/c1-16-8-20-10-23-37(47)42-24-13-50-38(48)39(22-9-21(12-43)25(45)11-19(22)6-7-40-39)14-54-36(30(42)29(41(23)4)26(20)31(46)32(16)49-5)28-27(24)35-34(51-15-52-35)17(2)33(28)53-18(3)44/h8-9,11,23-24,29-30,36-37,40,43,45-47H,6-7,10,12-15H2,1-5H3/t23-,24+,29+,30+,36+,37-,39+/m0/s1. The summed E-state index contributed by atoms with van der Waals surface area (Å²) in [5.74, 6) is 0.579. The Hall–Kier alpha value is -4.25. The van der Waals surface area contributed by atoms with Crippen LogP contribution < -0.4 is 24.3 Å². The normalized spacial score (nSPS) is 29.5. The van der Waals surface area contributed by atoms with E-state index in [4.69, 9.17) is 23.7 Å². The first-order chi connectivity index (χ1) is 25.9. The Balaban J connectivity index is 1.32. The molecule has 5 N–H and O–H groups in total. The summed E-state index contributed by atoms with van der Waals surface area (Å²) < 4.78 is 30.4. The Kier molecular flexibility index (Phi) is 8.30. The first-order valence-electron chi connectivity index (χ1n) is 18.1. The van der Waals surface area contributed by atoms with E-state index in [-0.39, 0.29) is 36.2 Å². The monoisotopic (exact) mass is 761 g/mol. The van der Waals surface area contributed by atoms with E-state index in [1.54, 1.807) is 12.1 Å². The molecule has 2 fully saturated rings. The third kappa shape index (κ3) is 4.78. The number of hydrogen-bond acceptors (Lipinski definition) is 15. The molecule has 7 heterocycles. The number of likely N-dealkylation sites (N-methyl/N-ethyl adjacent to an activating group) is 1. The number of nitrogens with one attached hydrogen (secondary N) is 1. The minimum absolute atomic E-state index is 0.0292. The Morgan fingerprint density at radius 1 is 1.07 bits per heavy atom. The number of aromatic hydroxyl groups is 2. The van der Waals surface area contributed by atoms with E-state index in [0.29, 0.717) is 70.2 Å². The van der Waals surface area contributed by atoms with Gasteiger partial charge in [-0.2, -0.15) is 0 Å². The van der Waals surface area contributed by atoms with Crippen molar-refractivity contribution in [3.05, 3.63) is 68.3 Å². The quantitative estimate of drug-likeness (QED) is 0.194. The van der Waals surface area contributed by atoms with Crippen LogP contribution in [-0.2, 0) is 39.3 Å². The van der Waals surface area contributed by atoms with Crippen LogP contribution in [0.3, 0.4) is 0 Å². The Morgan fingerprint density at radius 3 is 2.59 bits per heavy atom. The lowest BCUT2D eigenvalue weighted by Gasteiger charge is -2.62. The third-order valence-electron chi connectivity index (χ3n) is 12.3. The highest BCUT2D eigenvalue weighted by atomic mass is 32.2. The van der Waals surface area contributed by atoms with Gasteiger partial charge in [0.1, 0.15) is 24.3 Å². The van der Waals surface area contributed by atoms with Crippen molar-refractivity contribution in [3.8, 4) is 34.5 Å². The first kappa shape index (κ1) is 35.5. The molecule has 4 bridgehead atoms. The molecule has 1 spiro atoms. The number of benzene rings is 3. The van der Waals surface area contributed by atoms with Gasteiger partial charge in [-0.05, 0) is 68.1 Å². The maximum atomic E-state index is 14.7. The molecule has 286 valence electrons. The lowest BCUT2D eigenvalue weighted by atomic mass is 9.73. The molecule has 3 aromatic carbocycles. The number of fused-ring (bicyclic) bond motifs is 9. The number of methoxy groups -OCH3 is 1. The molecule has 0 saturated carbocycles. The number of phenols is 2. The average molecular weight is 762 g/mol. The molecule has 54 heavy (non-hydrogen) atoms. The van der Waals surface area contributed by atoms with Crippen LogP contribution in [0.1, 0.15) is 74.3 Å². The van der Waals surface area contributed by atoms with E-state index in [2.05, 4.69) is 10.2 Å². The molecule has 0 aromatic heterocycles. The van der Waals surface area contributed by atoms with E-state index in [0.717, 1.165) is 16.7 Å². The number of aliphatic hydroxyl groups excluding tert-OH is 2. The van der Waals surface area contributed by atoms with Gasteiger partial charge in [0.05, 0.1) is 37.1 Å². The maximum absolute atomic E-state index is 14.7. The second kappa shape index (κ2) is 12.6. The number of nitrogens with zero attached hydrogens (tertiary/aromatic N) is 2. The van der Waals surface area contributed by atoms with Gasteiger partial charge in [0.15, 0.2) is 28.5 Å². The highest BCUT2D eigenvalue weighted by molar-refractivity contribution is 7.99. The molecule has 7 atom stereocenters. The van der Waals surface area contributed by atoms with Crippen LogP contribution in [0.4, 0.5) is 0 Å². The lowest BCUT2D eigenvalue weighted by Crippen LogP contribution is -2.70. The van der Waals surface area contributed by atoms with Crippen molar-refractivity contribution >= 4 is 23.7 Å². The molecule has 0 unspecified atom stereocenters. The zero-order valence-electron chi connectivity index (χ0n) is 30.6. The fourth-order valence-corrected chi connectivity index (χ4v) is 11.7. The highest BCUT2D eigenvalue weighted by Gasteiger charge is 2.61. The highest BCUT2D eigenvalue weighted by Crippen LogP contribution is 2.64. The van der Waals surface area contributed by atoms with Crippen LogP contribution >= 0.6 is 11.8 Å². The molecule has 7 aliphatic rings. The van der Waals surface area contributed by atoms with Crippen LogP contribution in [0.25, 0.3) is 0 Å². The molecule has 3 aromatic rings. The van der Waals surface area contributed by atoms with E-state index in [1.165, 1.54) is 25.8 Å². The van der Waals surface area contributed by atoms with Gasteiger partial charge in [0, 0.05) is 53.1 Å². The molecule has 10 rings (SSSR count). The van der Waals surface area contributed by atoms with Crippen molar-refractivity contribution in [3.63, 3.8) is 0 Å². The zero-order chi connectivity index (χ0) is 38.0. The number of phenolic OH excluding ortho intramolecular Hbond substituents is 1. The number of hydrogen-bond donors (Lipinski definition) is 5. The summed E-state index contributed by atoms with van der Waals surface area (Å²) >= 11 is 1.45. The summed E-state index contributed by atoms with van der Waals surface area (Å²) in [6.45, 7) is 4.76. The molecule has 0 amide bonds. The minimum atomic E-state index is -1.39. The van der Waals surface area contributed by atoms with Crippen LogP contribution in [-0.4, -0.2) is 100 Å². The average Bonchev–Trinajstić information content (AvgIpc) is 3.63. The van der Waals surface area contributed by atoms with Gasteiger partial charge < -0.3 is 44.1 Å². The number of thioether (sulfide) groups is 1. The molecular weight excluding hydrogens is 719 g/mol. The van der Waals surface area contributed by atoms with Crippen molar-refractivity contribution in [2.75, 3.05) is 39.9 Å². The maximum Gasteiger partial charge on any atom is 0.331 e. The Morgan fingerprint density at radius 2 is 1.85 bits per heavy atom. The smallest absolute Gasteiger partial charge is 0.331 e. The number of aryl methyl sites for hydroxylation is 1. The van der Waals surface area contributed by atoms with Gasteiger partial charge in [-0.1, -0.05) is 6.07 Å². The minimum Gasteiger partial charge on any atom is -0.508 e. The second-order valence-electron chi connectivity index (χ2n) is 15.0. The number of ether oxygens (including phenoxy) is 5. The number of rotatable bonds is 3. The van der Waals surface area contributed by atoms with Crippen LogP contribution in [0.15, 0.2) is 18.2 Å². The number of carbonyl (C=O) groups excluding carboxylic acids is 2. The van der Waals surface area contributed by atoms with Gasteiger partial charge >= 0.3 is 11.9 Å². The molecular formula is C39H43N3O11S. The summed E-state index contributed by atoms with van der Waals surface area (Å²) in [7, 11) is 3.48. The van der Waals surface area contributed by atoms with Crippen LogP contribution in [0.2, 0.25) is 0 Å². The first-order valence-corrected chi connectivity index (χ1v) is 19.2. The number of esters is 2. The van der Waals surface area contributed by atoms with Crippen molar-refractivity contribution in [1.29, 1.82) is 0 Å². The molecule has 7 aliphatic heterocycles. The van der Waals surface area contributed by atoms with Crippen molar-refractivity contribution in [2.45, 2.75) is 81.4 Å². The summed E-state index contributed by atoms with van der Waals surface area (Å²) in [6.07, 6.45) is -0.0741. The molecule has 2 saturated heterocycles. The zero-order valence-corrected chi connectivity index (χ0v) is 31.4. The van der Waals surface area contributed by atoms with E-state index < -0.39 is 59.7 Å². The summed E-state index contributed by atoms with van der Waals surface area (Å²) in [5.41, 5.74) is 4.48. The predicted molar refractivity (Wildman–Crippen MR) is 194 cm³/mol. The van der Waals surface area contributed by atoms with Gasteiger partial charge in [0.25, 0.3) is 0 Å². The van der Waals surface area contributed by atoms with E-state index in [1.807, 2.05) is 31.9 Å². The molecule has 0 radical (unpaired) electrons. The largest absolute Gasteiger partial charge is 0.508 e. The number of piperazine rings is 1. The van der Waals surface area contributed by atoms with E-state index >= 15 is 0 Å². The Labute approximate surface area is 315 Å². The predicted octanol–water partition coefficient (Wildman–Crippen LogP) is 2.90. The van der Waals surface area contributed by atoms with Gasteiger partial charge in [-0.25, -0.2) is 4.79 Å². The van der Waals surface area contributed by atoms with Gasteiger partial charge in [-0.3, -0.25) is 19.9 Å². The summed E-state index contributed by atoms with van der Waals surface area (Å²) in [4.78, 5) is 31.7. The number of aliphatic hydroxyl groups is 2. The summed E-state index contributed by atoms with van der Waals surface area (Å²) in [6, 6.07) is 3.01. The van der Waals surface area contributed by atoms with E-state index in [9.17, 15) is 30.0 Å². The lowest BCUT2D eigenvalue weighted by molar-refractivity contribution is -0.186. The molecule has 14 nitrogen and oxygen atoms in total. The van der Waals surface area contributed by atoms with Crippen LogP contribution in [0, 0.1) is 13.8 Å². The summed E-state index contributed by atoms with van der Waals surface area (Å²) in [5, 5.41) is 48.2. The van der Waals surface area contributed by atoms with Crippen molar-refractivity contribution in [1.82, 2.24) is 15.1 Å². The Bertz CT molecular complexity index is 2130. The van der Waals surface area contributed by atoms with Crippen molar-refractivity contribution in [2.24, 2.45) is 0 Å². The third-order valence-corrected chi connectivity index (χ3v) is 13.8. The second-order valence-corrected chi connectivity index (χ2v) is 16.2. The topological polar surface area (TPSA) is 180 Å². The van der Waals surface area contributed by atoms with Gasteiger partial charge in [0.2, 0.25) is 6.79 Å². The fourth-order valence-electron chi connectivity index (χ4n) is 10.0. The van der Waals surface area contributed by atoms with Gasteiger partial charge in [-0.15, -0.1) is 11.8 Å². The fraction of sp³-hybridized carbons (Fsp3) is 0.487. The molecule has 0 aliphatic carbocycles.